The molecule has 3 atom stereocenters. The van der Waals surface area contributed by atoms with Gasteiger partial charge in [0.2, 0.25) is 0 Å². The Morgan fingerprint density at radius 2 is 2.12 bits per heavy atom. The molecule has 0 aromatic heterocycles. The Bertz CT molecular complexity index is 899. The Balaban J connectivity index is 1.71. The van der Waals surface area contributed by atoms with E-state index in [4.69, 9.17) is 15.2 Å². The van der Waals surface area contributed by atoms with Gasteiger partial charge in [-0.15, -0.1) is 0 Å². The van der Waals surface area contributed by atoms with E-state index >= 15 is 0 Å². The highest BCUT2D eigenvalue weighted by Gasteiger charge is 2.33. The summed E-state index contributed by atoms with van der Waals surface area (Å²) in [5.74, 6) is 0.748. The van der Waals surface area contributed by atoms with Crippen molar-refractivity contribution in [3.05, 3.63) is 29.5 Å². The number of amides is 1. The van der Waals surface area contributed by atoms with Crippen LogP contribution in [-0.2, 0) is 11.2 Å². The van der Waals surface area contributed by atoms with Crippen molar-refractivity contribution in [2.24, 2.45) is 10.7 Å². The number of methoxy groups -OCH3 is 1. The fourth-order valence-electron chi connectivity index (χ4n) is 4.55. The summed E-state index contributed by atoms with van der Waals surface area (Å²) in [6, 6.07) is 3.49. The first-order valence-corrected chi connectivity index (χ1v) is 11.5. The molecule has 3 aliphatic rings. The van der Waals surface area contributed by atoms with E-state index in [1.165, 1.54) is 13.3 Å². The largest absolute Gasteiger partial charge is 0.489 e. The highest BCUT2D eigenvalue weighted by molar-refractivity contribution is 6.11. The van der Waals surface area contributed by atoms with E-state index in [0.29, 0.717) is 18.5 Å². The normalized spacial score (nSPS) is 26.5. The topological polar surface area (TPSA) is 89.2 Å². The quantitative estimate of drug-likeness (QED) is 0.678. The van der Waals surface area contributed by atoms with E-state index in [1.54, 1.807) is 11.1 Å². The Hall–Kier alpha value is -2.61. The maximum absolute atomic E-state index is 14.2. The molecule has 0 radical (unpaired) electrons. The van der Waals surface area contributed by atoms with Gasteiger partial charge >= 0.3 is 6.09 Å². The van der Waals surface area contributed by atoms with Gasteiger partial charge in [0.25, 0.3) is 0 Å². The summed E-state index contributed by atoms with van der Waals surface area (Å²) in [7, 11) is 1.40. The molecule has 0 unspecified atom stereocenters. The van der Waals surface area contributed by atoms with Crippen LogP contribution >= 0.6 is 0 Å². The average Bonchev–Trinajstić information content (AvgIpc) is 2.77. The fraction of sp³-hybridized carbons (Fsp3) is 0.583. The molecule has 7 nitrogen and oxygen atoms in total. The molecule has 2 fully saturated rings. The number of hydrogen-bond donors (Lipinski definition) is 2. The number of allylic oxidation sites excluding steroid dienone is 1. The number of aliphatic imine (C=N–C) groups is 1. The van der Waals surface area contributed by atoms with Crippen LogP contribution in [0.15, 0.2) is 23.3 Å². The third kappa shape index (κ3) is 4.46. The van der Waals surface area contributed by atoms with Crippen molar-refractivity contribution in [1.29, 1.82) is 0 Å². The van der Waals surface area contributed by atoms with E-state index in [0.717, 1.165) is 61.2 Å². The van der Waals surface area contributed by atoms with Crippen LogP contribution < -0.4 is 20.7 Å². The molecule has 1 aromatic carbocycles. The van der Waals surface area contributed by atoms with Gasteiger partial charge in [-0.1, -0.05) is 0 Å². The molecule has 32 heavy (non-hydrogen) atoms. The zero-order valence-corrected chi connectivity index (χ0v) is 18.9. The molecule has 2 heterocycles. The van der Waals surface area contributed by atoms with Gasteiger partial charge in [-0.2, -0.15) is 0 Å². The molecule has 1 aliphatic carbocycles. The molecule has 1 saturated carbocycles. The summed E-state index contributed by atoms with van der Waals surface area (Å²) < 4.78 is 25.7. The Morgan fingerprint density at radius 3 is 2.78 bits per heavy atom. The number of anilines is 1. The van der Waals surface area contributed by atoms with Crippen LogP contribution in [0.1, 0.15) is 50.2 Å². The number of alkyl halides is 1. The number of halogens is 1. The lowest BCUT2D eigenvalue weighted by atomic mass is 9.91. The number of benzene rings is 1. The number of fused-ring (bicyclic) bond motifs is 1. The number of hydrogen-bond acceptors (Lipinski definition) is 6. The van der Waals surface area contributed by atoms with Crippen LogP contribution in [0.3, 0.4) is 0 Å². The monoisotopic (exact) mass is 444 g/mol. The van der Waals surface area contributed by atoms with E-state index in [-0.39, 0.29) is 24.3 Å². The highest BCUT2D eigenvalue weighted by Crippen LogP contribution is 2.43. The summed E-state index contributed by atoms with van der Waals surface area (Å²) in [5.41, 5.74) is 9.30. The predicted octanol–water partition coefficient (Wildman–Crippen LogP) is 3.60. The van der Waals surface area contributed by atoms with Gasteiger partial charge < -0.3 is 20.5 Å². The van der Waals surface area contributed by atoms with Gasteiger partial charge in [0.15, 0.2) is 0 Å². The Labute approximate surface area is 188 Å². The van der Waals surface area contributed by atoms with E-state index in [9.17, 15) is 9.18 Å². The number of nitrogens with two attached hydrogens (primary N) is 1. The lowest BCUT2D eigenvalue weighted by Crippen LogP contribution is -2.42. The molecule has 3 N–H and O–H groups in total. The molecule has 0 spiro atoms. The number of ether oxygens (including phenoxy) is 2. The first-order chi connectivity index (χ1) is 15.5. The van der Waals surface area contributed by atoms with Gasteiger partial charge in [-0.25, -0.2) is 9.18 Å². The van der Waals surface area contributed by atoms with Crippen LogP contribution in [0.4, 0.5) is 14.9 Å². The summed E-state index contributed by atoms with van der Waals surface area (Å²) in [6.45, 7) is 3.09. The van der Waals surface area contributed by atoms with Gasteiger partial charge in [-0.05, 0) is 64.1 Å². The van der Waals surface area contributed by atoms with Crippen LogP contribution in [0.5, 0.6) is 5.75 Å². The molecule has 1 aromatic rings. The highest BCUT2D eigenvalue weighted by atomic mass is 19.1. The summed E-state index contributed by atoms with van der Waals surface area (Å²) in [6.07, 6.45) is 7.34. The second kappa shape index (κ2) is 9.90. The Morgan fingerprint density at radius 1 is 1.31 bits per heavy atom. The van der Waals surface area contributed by atoms with Crippen molar-refractivity contribution in [2.75, 3.05) is 25.1 Å². The second-order valence-electron chi connectivity index (χ2n) is 8.81. The van der Waals surface area contributed by atoms with Crippen LogP contribution in [0.25, 0.3) is 5.57 Å². The van der Waals surface area contributed by atoms with Crippen molar-refractivity contribution in [1.82, 2.24) is 5.32 Å². The summed E-state index contributed by atoms with van der Waals surface area (Å²) in [5, 5.41) is 3.05. The van der Waals surface area contributed by atoms with E-state index in [2.05, 4.69) is 10.3 Å². The summed E-state index contributed by atoms with van der Waals surface area (Å²) >= 11 is 0. The molecule has 1 saturated heterocycles. The third-order valence-corrected chi connectivity index (χ3v) is 6.73. The SMILES string of the molecule is COC(=O)N1c2ccc(C(C=N[C@H]3CCNC[C@@H]3F)=CN)c(OC3CCC3)c2CC[C@@H]1C. The molecule has 4 rings (SSSR count). The maximum atomic E-state index is 14.2. The van der Waals surface area contributed by atoms with Crippen LogP contribution in [-0.4, -0.2) is 56.9 Å². The molecule has 1 amide bonds. The average molecular weight is 445 g/mol. The van der Waals surface area contributed by atoms with Crippen LogP contribution in [0, 0.1) is 0 Å². The zero-order valence-electron chi connectivity index (χ0n) is 18.9. The Kier molecular flexibility index (Phi) is 6.98. The standard InChI is InChI=1S/C24H33FN4O3/c1-15-6-7-19-22(29(15)24(30)31-2)9-8-18(23(19)32-17-4-3-5-17)16(12-26)13-28-21-10-11-27-14-20(21)25/h8-9,12-13,15,17,20-21,27H,3-7,10-11,14,26H2,1-2H3/t15-,20-,21-/m0/s1. The molecular formula is C24H33FN4O3. The predicted molar refractivity (Wildman–Crippen MR) is 124 cm³/mol. The number of nitrogens with one attached hydrogen (secondary N) is 1. The van der Waals surface area contributed by atoms with Crippen LogP contribution in [0.2, 0.25) is 0 Å². The maximum Gasteiger partial charge on any atom is 0.414 e. The van der Waals surface area contributed by atoms with Crippen molar-refractivity contribution in [3.8, 4) is 5.75 Å². The van der Waals surface area contributed by atoms with Gasteiger partial charge in [0.1, 0.15) is 11.9 Å². The molecule has 8 heteroatoms. The summed E-state index contributed by atoms with van der Waals surface area (Å²) in [4.78, 5) is 18.7. The molecule has 2 aliphatic heterocycles. The smallest absolute Gasteiger partial charge is 0.414 e. The number of rotatable bonds is 5. The number of piperidine rings is 1. The zero-order chi connectivity index (χ0) is 22.7. The number of nitrogens with zero attached hydrogens (tertiary/aromatic N) is 2. The van der Waals surface area contributed by atoms with Gasteiger partial charge in [0, 0.05) is 41.7 Å². The fourth-order valence-corrected chi connectivity index (χ4v) is 4.55. The first-order valence-electron chi connectivity index (χ1n) is 11.5. The first kappa shape index (κ1) is 22.6. The molecular weight excluding hydrogens is 411 g/mol. The minimum atomic E-state index is -1.01. The van der Waals surface area contributed by atoms with Crippen molar-refractivity contribution in [3.63, 3.8) is 0 Å². The van der Waals surface area contributed by atoms with Crippen molar-refractivity contribution >= 4 is 23.6 Å². The number of carbonyl (C=O) groups is 1. The van der Waals surface area contributed by atoms with Crippen molar-refractivity contribution in [2.45, 2.75) is 69.8 Å². The molecule has 174 valence electrons. The second-order valence-corrected chi connectivity index (χ2v) is 8.81. The van der Waals surface area contributed by atoms with E-state index < -0.39 is 6.17 Å². The lowest BCUT2D eigenvalue weighted by molar-refractivity contribution is 0.118. The minimum absolute atomic E-state index is 0.0323. The van der Waals surface area contributed by atoms with Gasteiger partial charge in [0.05, 0.1) is 24.9 Å². The number of carbonyl (C=O) groups excluding carboxylic acids is 1. The lowest BCUT2D eigenvalue weighted by Gasteiger charge is -2.37. The van der Waals surface area contributed by atoms with Crippen molar-refractivity contribution < 1.29 is 18.7 Å². The third-order valence-electron chi connectivity index (χ3n) is 6.73. The van der Waals surface area contributed by atoms with Gasteiger partial charge in [-0.3, -0.25) is 9.89 Å². The minimum Gasteiger partial charge on any atom is -0.489 e. The molecule has 0 bridgehead atoms. The van der Waals surface area contributed by atoms with E-state index in [1.807, 2.05) is 19.1 Å².